The first kappa shape index (κ1) is 27.3. The first-order valence-corrected chi connectivity index (χ1v) is 14.3. The Labute approximate surface area is 223 Å². The number of hydrogen-bond donors (Lipinski definition) is 3. The molecule has 1 aromatic carbocycles. The maximum atomic E-state index is 15.5. The number of rotatable bonds is 8. The third kappa shape index (κ3) is 5.72. The van der Waals surface area contributed by atoms with Crippen LogP contribution in [0.5, 0.6) is 0 Å². The van der Waals surface area contributed by atoms with Crippen LogP contribution in [0.2, 0.25) is 0 Å². The number of aromatic nitrogens is 3. The third-order valence-electron chi connectivity index (χ3n) is 7.28. The lowest BCUT2D eigenvalue weighted by atomic mass is 9.95. The fourth-order valence-corrected chi connectivity index (χ4v) is 6.33. The Hall–Kier alpha value is -3.23. The van der Waals surface area contributed by atoms with Gasteiger partial charge in [0.1, 0.15) is 17.6 Å². The molecule has 2 aromatic heterocycles. The van der Waals surface area contributed by atoms with Crippen molar-refractivity contribution in [2.24, 2.45) is 13.0 Å². The number of piperidine rings is 1. The number of alkyl halides is 1. The predicted octanol–water partition coefficient (Wildman–Crippen LogP) is 2.78. The van der Waals surface area contributed by atoms with Crippen LogP contribution >= 0.6 is 0 Å². The van der Waals surface area contributed by atoms with Crippen LogP contribution in [-0.4, -0.2) is 66.2 Å². The molecule has 3 aromatic rings. The van der Waals surface area contributed by atoms with Gasteiger partial charge in [-0.05, 0) is 62.9 Å². The van der Waals surface area contributed by atoms with Gasteiger partial charge in [0.25, 0.3) is 5.56 Å². The second-order valence-electron chi connectivity index (χ2n) is 9.94. The monoisotopic (exact) mass is 565 g/mol. The molecule has 10 nitrogen and oxygen atoms in total. The van der Waals surface area contributed by atoms with E-state index in [2.05, 4.69) is 25.3 Å². The summed E-state index contributed by atoms with van der Waals surface area (Å²) >= 11 is 0. The van der Waals surface area contributed by atoms with Gasteiger partial charge in [-0.3, -0.25) is 14.1 Å². The van der Waals surface area contributed by atoms with E-state index in [0.29, 0.717) is 23.8 Å². The molecule has 0 amide bonds. The van der Waals surface area contributed by atoms with E-state index >= 15 is 4.39 Å². The van der Waals surface area contributed by atoms with E-state index in [-0.39, 0.29) is 30.7 Å². The number of pyridine rings is 1. The van der Waals surface area contributed by atoms with Gasteiger partial charge in [0.15, 0.2) is 5.82 Å². The molecule has 0 spiro atoms. The Morgan fingerprint density at radius 3 is 2.67 bits per heavy atom. The molecule has 2 aliphatic heterocycles. The van der Waals surface area contributed by atoms with Crippen LogP contribution in [0.4, 0.5) is 24.8 Å². The summed E-state index contributed by atoms with van der Waals surface area (Å²) in [4.78, 5) is 21.9. The molecule has 0 bridgehead atoms. The van der Waals surface area contributed by atoms with Crippen LogP contribution in [-0.2, 0) is 17.3 Å². The standard InChI is InChI=1S/C25H30F3N7O3S/c1-34-23-16(13-31-25(32-23)30-10-6-15-4-8-29-9-5-15)12-18(24(34)36)21-19(27)2-3-20(22(21)28)33-39(37,38)35-11-7-17(26)14-35/h2-3,12-13,15,17,29,33H,4-11,14H2,1H3,(H,30,31,32). The van der Waals surface area contributed by atoms with Crippen molar-refractivity contribution >= 4 is 32.9 Å². The number of halogens is 3. The second kappa shape index (κ2) is 11.1. The summed E-state index contributed by atoms with van der Waals surface area (Å²) in [6.45, 7) is 2.27. The van der Waals surface area contributed by atoms with Crippen molar-refractivity contribution in [3.8, 4) is 11.1 Å². The van der Waals surface area contributed by atoms with E-state index in [9.17, 15) is 22.0 Å². The normalized spacial score (nSPS) is 19.0. The number of nitrogens with one attached hydrogen (secondary N) is 3. The van der Waals surface area contributed by atoms with Crippen molar-refractivity contribution in [1.82, 2.24) is 24.2 Å². The van der Waals surface area contributed by atoms with Crippen molar-refractivity contribution in [2.45, 2.75) is 31.9 Å². The average molecular weight is 566 g/mol. The highest BCUT2D eigenvalue weighted by Crippen LogP contribution is 2.31. The van der Waals surface area contributed by atoms with Crippen LogP contribution in [0, 0.1) is 17.6 Å². The minimum Gasteiger partial charge on any atom is -0.354 e. The lowest BCUT2D eigenvalue weighted by molar-refractivity contribution is 0.343. The molecule has 1 unspecified atom stereocenters. The van der Waals surface area contributed by atoms with Crippen molar-refractivity contribution < 1.29 is 21.6 Å². The highest BCUT2D eigenvalue weighted by atomic mass is 32.2. The maximum absolute atomic E-state index is 15.5. The van der Waals surface area contributed by atoms with E-state index in [4.69, 9.17) is 0 Å². The first-order chi connectivity index (χ1) is 18.6. The van der Waals surface area contributed by atoms with Crippen molar-refractivity contribution in [2.75, 3.05) is 42.8 Å². The Bertz CT molecular complexity index is 1540. The fourth-order valence-electron chi connectivity index (χ4n) is 5.06. The zero-order chi connectivity index (χ0) is 27.7. The van der Waals surface area contributed by atoms with Crippen LogP contribution < -0.4 is 20.9 Å². The van der Waals surface area contributed by atoms with Gasteiger partial charge < -0.3 is 10.6 Å². The van der Waals surface area contributed by atoms with E-state index in [0.717, 1.165) is 48.8 Å². The molecule has 3 N–H and O–H groups in total. The SMILES string of the molecule is Cn1c(=O)c(-c2c(F)ccc(NS(=O)(=O)N3CCC(F)C3)c2F)cc2cnc(NCCC3CCNCC3)nc21. The van der Waals surface area contributed by atoms with Gasteiger partial charge in [-0.1, -0.05) is 0 Å². The van der Waals surface area contributed by atoms with Crippen molar-refractivity contribution in [3.05, 3.63) is 46.4 Å². The van der Waals surface area contributed by atoms with Gasteiger partial charge in [-0.25, -0.2) is 18.2 Å². The number of hydrogen-bond acceptors (Lipinski definition) is 7. The third-order valence-corrected chi connectivity index (χ3v) is 8.77. The lowest BCUT2D eigenvalue weighted by Gasteiger charge is -2.22. The van der Waals surface area contributed by atoms with Gasteiger partial charge >= 0.3 is 10.2 Å². The summed E-state index contributed by atoms with van der Waals surface area (Å²) in [5, 5.41) is 6.88. The molecule has 14 heteroatoms. The van der Waals surface area contributed by atoms with Crippen molar-refractivity contribution in [1.29, 1.82) is 0 Å². The summed E-state index contributed by atoms with van der Waals surface area (Å²) in [6.07, 6.45) is 3.37. The Morgan fingerprint density at radius 1 is 1.18 bits per heavy atom. The van der Waals surface area contributed by atoms with Gasteiger partial charge in [-0.2, -0.15) is 17.7 Å². The molecule has 4 heterocycles. The molecule has 2 aliphatic rings. The molecule has 2 fully saturated rings. The Balaban J connectivity index is 1.42. The minimum absolute atomic E-state index is 0.0305. The maximum Gasteiger partial charge on any atom is 0.301 e. The number of anilines is 2. The van der Waals surface area contributed by atoms with E-state index < -0.39 is 44.8 Å². The van der Waals surface area contributed by atoms with E-state index in [1.54, 1.807) is 0 Å². The van der Waals surface area contributed by atoms with Gasteiger partial charge in [0.05, 0.1) is 16.8 Å². The van der Waals surface area contributed by atoms with Crippen molar-refractivity contribution in [3.63, 3.8) is 0 Å². The molecular formula is C25H30F3N7O3S. The molecule has 39 heavy (non-hydrogen) atoms. The number of aryl methyl sites for hydroxylation is 1. The topological polar surface area (TPSA) is 121 Å². The zero-order valence-corrected chi connectivity index (χ0v) is 22.2. The second-order valence-corrected chi connectivity index (χ2v) is 11.6. The van der Waals surface area contributed by atoms with Crippen LogP contribution in [0.15, 0.2) is 29.2 Å². The Morgan fingerprint density at radius 2 is 1.95 bits per heavy atom. The molecule has 0 saturated carbocycles. The molecule has 5 rings (SSSR count). The van der Waals surface area contributed by atoms with Gasteiger partial charge in [-0.15, -0.1) is 0 Å². The number of nitrogens with zero attached hydrogens (tertiary/aromatic N) is 4. The Kier molecular flexibility index (Phi) is 7.78. The van der Waals surface area contributed by atoms with E-state index in [1.165, 1.54) is 23.9 Å². The molecule has 2 saturated heterocycles. The lowest BCUT2D eigenvalue weighted by Crippen LogP contribution is -2.34. The molecule has 0 radical (unpaired) electrons. The minimum atomic E-state index is -4.29. The van der Waals surface area contributed by atoms with E-state index in [1.807, 2.05) is 0 Å². The number of benzene rings is 1. The highest BCUT2D eigenvalue weighted by Gasteiger charge is 2.32. The summed E-state index contributed by atoms with van der Waals surface area (Å²) in [5.74, 6) is -1.35. The molecule has 0 aliphatic carbocycles. The first-order valence-electron chi connectivity index (χ1n) is 12.9. The van der Waals surface area contributed by atoms with Crippen LogP contribution in [0.3, 0.4) is 0 Å². The zero-order valence-electron chi connectivity index (χ0n) is 21.4. The summed E-state index contributed by atoms with van der Waals surface area (Å²) < 4.78 is 73.3. The summed E-state index contributed by atoms with van der Waals surface area (Å²) in [7, 11) is -2.85. The predicted molar refractivity (Wildman–Crippen MR) is 142 cm³/mol. The summed E-state index contributed by atoms with van der Waals surface area (Å²) in [6, 6.07) is 3.07. The largest absolute Gasteiger partial charge is 0.354 e. The summed E-state index contributed by atoms with van der Waals surface area (Å²) in [5.41, 5.74) is -2.01. The quantitative estimate of drug-likeness (QED) is 0.384. The highest BCUT2D eigenvalue weighted by molar-refractivity contribution is 7.90. The molecule has 210 valence electrons. The average Bonchev–Trinajstić information content (AvgIpc) is 3.37. The van der Waals surface area contributed by atoms with Crippen LogP contribution in [0.1, 0.15) is 25.7 Å². The van der Waals surface area contributed by atoms with Gasteiger partial charge in [0.2, 0.25) is 5.95 Å². The van der Waals surface area contributed by atoms with Gasteiger partial charge in [0, 0.05) is 38.3 Å². The molecular weight excluding hydrogens is 535 g/mol. The smallest absolute Gasteiger partial charge is 0.301 e. The fraction of sp³-hybridized carbons (Fsp3) is 0.480. The number of fused-ring (bicyclic) bond motifs is 1. The van der Waals surface area contributed by atoms with Crippen LogP contribution in [0.25, 0.3) is 22.2 Å². The molecule has 1 atom stereocenters.